The van der Waals surface area contributed by atoms with Crippen molar-refractivity contribution in [2.45, 2.75) is 16.8 Å². The molecule has 4 rings (SSSR count). The summed E-state index contributed by atoms with van der Waals surface area (Å²) in [6, 6.07) is 9.40. The zero-order valence-electron chi connectivity index (χ0n) is 19.1. The predicted octanol–water partition coefficient (Wildman–Crippen LogP) is 2.30. The topological polar surface area (TPSA) is 120 Å². The molecule has 10 nitrogen and oxygen atoms in total. The largest absolute Gasteiger partial charge is 0.353 e. The first-order valence-corrected chi connectivity index (χ1v) is 12.7. The molecule has 0 aliphatic carbocycles. The number of aromatic nitrogens is 3. The standard InChI is InChI=1S/C24H27N7O3S/c1-2-23(31-14-12-30(13-15-31)22-18-26-10-11-27-22)35(33,34)21-7-5-20(6-8-21)29-24(32)28-17-19-4-3-9-25-16-19/h2-11,16,18,23H,1,12-15,17H2,(H2,28,29,32). The van der Waals surface area contributed by atoms with E-state index in [4.69, 9.17) is 0 Å². The van der Waals surface area contributed by atoms with Gasteiger partial charge >= 0.3 is 6.03 Å². The Kier molecular flexibility index (Phi) is 7.68. The third-order valence-corrected chi connectivity index (χ3v) is 7.74. The Balaban J connectivity index is 1.35. The van der Waals surface area contributed by atoms with E-state index in [-0.39, 0.29) is 4.90 Å². The molecule has 1 aliphatic rings. The van der Waals surface area contributed by atoms with Crippen molar-refractivity contribution in [1.82, 2.24) is 25.2 Å². The lowest BCUT2D eigenvalue weighted by Gasteiger charge is -2.38. The van der Waals surface area contributed by atoms with Crippen LogP contribution in [0.2, 0.25) is 0 Å². The van der Waals surface area contributed by atoms with E-state index in [1.807, 2.05) is 11.0 Å². The number of carbonyl (C=O) groups is 1. The third kappa shape index (κ3) is 6.00. The molecule has 3 heterocycles. The van der Waals surface area contributed by atoms with Crippen molar-refractivity contribution in [2.75, 3.05) is 36.4 Å². The molecule has 1 aromatic carbocycles. The highest BCUT2D eigenvalue weighted by molar-refractivity contribution is 7.92. The number of sulfone groups is 1. The molecule has 2 aromatic heterocycles. The normalized spacial score (nSPS) is 15.3. The van der Waals surface area contributed by atoms with Crippen LogP contribution in [0, 0.1) is 0 Å². The molecule has 182 valence electrons. The van der Waals surface area contributed by atoms with Gasteiger partial charge in [-0.05, 0) is 35.9 Å². The molecule has 11 heteroatoms. The van der Waals surface area contributed by atoms with Crippen LogP contribution in [0.25, 0.3) is 0 Å². The van der Waals surface area contributed by atoms with E-state index >= 15 is 0 Å². The van der Waals surface area contributed by atoms with E-state index in [1.54, 1.807) is 49.2 Å². The van der Waals surface area contributed by atoms with Crippen LogP contribution in [0.4, 0.5) is 16.3 Å². The fourth-order valence-electron chi connectivity index (χ4n) is 3.86. The molecule has 1 unspecified atom stereocenters. The summed E-state index contributed by atoms with van der Waals surface area (Å²) in [6.45, 7) is 6.47. The highest BCUT2D eigenvalue weighted by Gasteiger charge is 2.33. The SMILES string of the molecule is C=CC(N1CCN(c2cnccn2)CC1)S(=O)(=O)c1ccc(NC(=O)NCc2cccnc2)cc1. The second-order valence-corrected chi connectivity index (χ2v) is 10.00. The number of piperazine rings is 1. The first-order chi connectivity index (χ1) is 17.0. The van der Waals surface area contributed by atoms with Gasteiger partial charge in [-0.25, -0.2) is 18.2 Å². The highest BCUT2D eigenvalue weighted by atomic mass is 32.2. The van der Waals surface area contributed by atoms with Gasteiger partial charge in [0.05, 0.1) is 11.1 Å². The van der Waals surface area contributed by atoms with Crippen LogP contribution in [-0.4, -0.2) is 65.9 Å². The lowest BCUT2D eigenvalue weighted by atomic mass is 10.3. The highest BCUT2D eigenvalue weighted by Crippen LogP contribution is 2.23. The van der Waals surface area contributed by atoms with Crippen LogP contribution >= 0.6 is 0 Å². The van der Waals surface area contributed by atoms with E-state index in [0.717, 1.165) is 11.4 Å². The number of benzene rings is 1. The summed E-state index contributed by atoms with van der Waals surface area (Å²) in [6.07, 6.45) is 9.76. The smallest absolute Gasteiger partial charge is 0.319 e. The summed E-state index contributed by atoms with van der Waals surface area (Å²) in [4.78, 5) is 28.7. The average molecular weight is 494 g/mol. The maximum Gasteiger partial charge on any atom is 0.319 e. The van der Waals surface area contributed by atoms with Gasteiger partial charge in [0.2, 0.25) is 0 Å². The van der Waals surface area contributed by atoms with Gasteiger partial charge in [-0.1, -0.05) is 12.1 Å². The van der Waals surface area contributed by atoms with Gasteiger partial charge in [-0.15, -0.1) is 6.58 Å². The van der Waals surface area contributed by atoms with Crippen LogP contribution in [0.3, 0.4) is 0 Å². The number of carbonyl (C=O) groups excluding carboxylic acids is 1. The maximum atomic E-state index is 13.4. The van der Waals surface area contributed by atoms with Crippen LogP contribution < -0.4 is 15.5 Å². The summed E-state index contributed by atoms with van der Waals surface area (Å²) in [7, 11) is -3.70. The number of hydrogen-bond donors (Lipinski definition) is 2. The van der Waals surface area contributed by atoms with Gasteiger partial charge in [0.1, 0.15) is 11.2 Å². The summed E-state index contributed by atoms with van der Waals surface area (Å²) < 4.78 is 26.7. The lowest BCUT2D eigenvalue weighted by molar-refractivity contribution is 0.251. The van der Waals surface area contributed by atoms with E-state index < -0.39 is 21.2 Å². The number of rotatable bonds is 8. The van der Waals surface area contributed by atoms with E-state index in [2.05, 4.69) is 37.1 Å². The second-order valence-electron chi connectivity index (χ2n) is 7.95. The van der Waals surface area contributed by atoms with Crippen molar-refractivity contribution < 1.29 is 13.2 Å². The zero-order valence-corrected chi connectivity index (χ0v) is 19.9. The zero-order chi connectivity index (χ0) is 24.7. The van der Waals surface area contributed by atoms with Crippen molar-refractivity contribution in [3.05, 3.63) is 85.6 Å². The fraction of sp³-hybridized carbons (Fsp3) is 0.250. The van der Waals surface area contributed by atoms with Crippen molar-refractivity contribution in [3.63, 3.8) is 0 Å². The monoisotopic (exact) mass is 493 g/mol. The molecule has 2 amide bonds. The lowest BCUT2D eigenvalue weighted by Crippen LogP contribution is -2.52. The summed E-state index contributed by atoms with van der Waals surface area (Å²) in [5.74, 6) is 0.776. The molecule has 1 saturated heterocycles. The van der Waals surface area contributed by atoms with Crippen molar-refractivity contribution in [3.8, 4) is 0 Å². The molecule has 0 spiro atoms. The number of pyridine rings is 1. The molecular weight excluding hydrogens is 466 g/mol. The van der Waals surface area contributed by atoms with Gasteiger partial charge in [0.15, 0.2) is 9.84 Å². The Morgan fingerprint density at radius 3 is 2.40 bits per heavy atom. The molecule has 0 saturated carbocycles. The molecule has 1 fully saturated rings. The van der Waals surface area contributed by atoms with Gasteiger partial charge in [-0.2, -0.15) is 0 Å². The van der Waals surface area contributed by atoms with Gasteiger partial charge in [0.25, 0.3) is 0 Å². The predicted molar refractivity (Wildman–Crippen MR) is 134 cm³/mol. The second kappa shape index (κ2) is 11.1. The Morgan fingerprint density at radius 2 is 1.77 bits per heavy atom. The Morgan fingerprint density at radius 1 is 1.03 bits per heavy atom. The molecule has 1 atom stereocenters. The number of nitrogens with zero attached hydrogens (tertiary/aromatic N) is 5. The number of nitrogens with one attached hydrogen (secondary N) is 2. The molecule has 0 radical (unpaired) electrons. The quantitative estimate of drug-likeness (QED) is 0.459. The number of urea groups is 1. The minimum Gasteiger partial charge on any atom is -0.353 e. The molecule has 0 bridgehead atoms. The molecule has 35 heavy (non-hydrogen) atoms. The molecule has 3 aromatic rings. The van der Waals surface area contributed by atoms with Gasteiger partial charge in [-0.3, -0.25) is 14.9 Å². The number of hydrogen-bond acceptors (Lipinski definition) is 8. The van der Waals surface area contributed by atoms with Gasteiger partial charge in [0, 0.05) is 63.2 Å². The van der Waals surface area contributed by atoms with Crippen LogP contribution in [0.5, 0.6) is 0 Å². The summed E-state index contributed by atoms with van der Waals surface area (Å²) in [5.41, 5.74) is 1.36. The Hall–Kier alpha value is -3.83. The van der Waals surface area contributed by atoms with E-state index in [0.29, 0.717) is 38.4 Å². The maximum absolute atomic E-state index is 13.4. The van der Waals surface area contributed by atoms with Crippen molar-refractivity contribution in [1.29, 1.82) is 0 Å². The first-order valence-electron chi connectivity index (χ1n) is 11.1. The first kappa shape index (κ1) is 24.3. The Bertz CT molecular complexity index is 1230. The van der Waals surface area contributed by atoms with Crippen LogP contribution in [-0.2, 0) is 16.4 Å². The minimum atomic E-state index is -3.70. The molecular formula is C24H27N7O3S. The number of anilines is 2. The average Bonchev–Trinajstić information content (AvgIpc) is 2.90. The van der Waals surface area contributed by atoms with Crippen LogP contribution in [0.1, 0.15) is 5.56 Å². The van der Waals surface area contributed by atoms with Crippen molar-refractivity contribution in [2.24, 2.45) is 0 Å². The molecule has 2 N–H and O–H groups in total. The summed E-state index contributed by atoms with van der Waals surface area (Å²) >= 11 is 0. The Labute approximate surface area is 204 Å². The minimum absolute atomic E-state index is 0.167. The fourth-order valence-corrected chi connectivity index (χ4v) is 5.51. The van der Waals surface area contributed by atoms with Gasteiger partial charge < -0.3 is 15.5 Å². The van der Waals surface area contributed by atoms with E-state index in [1.165, 1.54) is 18.2 Å². The van der Waals surface area contributed by atoms with Crippen LogP contribution in [0.15, 0.2) is 84.9 Å². The molecule has 1 aliphatic heterocycles. The number of amides is 2. The van der Waals surface area contributed by atoms with Crippen molar-refractivity contribution >= 4 is 27.4 Å². The summed E-state index contributed by atoms with van der Waals surface area (Å²) in [5, 5.41) is 4.59. The third-order valence-electron chi connectivity index (χ3n) is 5.68. The van der Waals surface area contributed by atoms with E-state index in [9.17, 15) is 13.2 Å².